The largest absolute Gasteiger partial charge is 0.312 e. The van der Waals surface area contributed by atoms with Crippen molar-refractivity contribution in [3.63, 3.8) is 0 Å². The number of thiophene rings is 1. The summed E-state index contributed by atoms with van der Waals surface area (Å²) in [6.45, 7) is 1.78. The molecule has 1 nitrogen and oxygen atoms in total. The Labute approximate surface area is 102 Å². The Balaban J connectivity index is 2.09. The van der Waals surface area contributed by atoms with E-state index < -0.39 is 11.6 Å². The maximum atomic E-state index is 13.7. The molecule has 0 atom stereocenters. The van der Waals surface area contributed by atoms with E-state index in [1.54, 1.807) is 23.5 Å². The van der Waals surface area contributed by atoms with Gasteiger partial charge in [-0.2, -0.15) is 0 Å². The zero-order valence-electron chi connectivity index (χ0n) is 9.09. The first-order valence-corrected chi connectivity index (χ1v) is 6.34. The molecule has 0 saturated carbocycles. The van der Waals surface area contributed by atoms with Gasteiger partial charge in [0.15, 0.2) is 11.6 Å². The molecule has 88 valence electrons. The summed E-state index contributed by atoms with van der Waals surface area (Å²) in [5, 5.41) is 3.27. The molecule has 1 aliphatic rings. The molecule has 17 heavy (non-hydrogen) atoms. The number of nitrogens with one attached hydrogen (secondary N) is 1. The molecule has 0 saturated heterocycles. The first-order chi connectivity index (χ1) is 8.25. The van der Waals surface area contributed by atoms with Crippen molar-refractivity contribution in [2.75, 3.05) is 6.54 Å². The molecule has 0 amide bonds. The highest BCUT2D eigenvalue weighted by molar-refractivity contribution is 7.15. The Morgan fingerprint density at radius 3 is 2.94 bits per heavy atom. The highest BCUT2D eigenvalue weighted by atomic mass is 32.1. The molecule has 3 rings (SSSR count). The fourth-order valence-corrected chi connectivity index (χ4v) is 3.28. The van der Waals surface area contributed by atoms with Crippen LogP contribution in [-0.2, 0) is 13.0 Å². The summed E-state index contributed by atoms with van der Waals surface area (Å²) in [7, 11) is 0. The molecule has 0 bridgehead atoms. The van der Waals surface area contributed by atoms with E-state index in [1.165, 1.54) is 10.4 Å². The zero-order valence-corrected chi connectivity index (χ0v) is 9.91. The van der Waals surface area contributed by atoms with E-state index >= 15 is 0 Å². The number of fused-ring (bicyclic) bond motifs is 1. The molecule has 0 aliphatic carbocycles. The summed E-state index contributed by atoms with van der Waals surface area (Å²) in [5.41, 5.74) is 1.62. The van der Waals surface area contributed by atoms with Crippen molar-refractivity contribution >= 4 is 11.3 Å². The Morgan fingerprint density at radius 1 is 1.24 bits per heavy atom. The van der Waals surface area contributed by atoms with Crippen LogP contribution >= 0.6 is 11.3 Å². The van der Waals surface area contributed by atoms with E-state index in [-0.39, 0.29) is 0 Å². The average Bonchev–Trinajstić information content (AvgIpc) is 2.76. The molecule has 0 radical (unpaired) electrons. The van der Waals surface area contributed by atoms with E-state index in [2.05, 4.69) is 5.32 Å². The SMILES string of the molecule is Fc1cccc(-c2cc3c(s2)CNCC3)c1F. The lowest BCUT2D eigenvalue weighted by atomic mass is 10.1. The van der Waals surface area contributed by atoms with Gasteiger partial charge >= 0.3 is 0 Å². The van der Waals surface area contributed by atoms with Crippen molar-refractivity contribution in [2.24, 2.45) is 0 Å². The highest BCUT2D eigenvalue weighted by Gasteiger charge is 2.17. The number of halogens is 2. The van der Waals surface area contributed by atoms with E-state index in [4.69, 9.17) is 0 Å². The number of hydrogen-bond acceptors (Lipinski definition) is 2. The second kappa shape index (κ2) is 4.20. The molecule has 4 heteroatoms. The smallest absolute Gasteiger partial charge is 0.167 e. The first-order valence-electron chi connectivity index (χ1n) is 5.52. The average molecular weight is 251 g/mol. The molecule has 1 aromatic carbocycles. The van der Waals surface area contributed by atoms with Gasteiger partial charge in [-0.05, 0) is 30.7 Å². The van der Waals surface area contributed by atoms with E-state index in [9.17, 15) is 8.78 Å². The van der Waals surface area contributed by atoms with E-state index in [0.29, 0.717) is 5.56 Å². The molecule has 1 aliphatic heterocycles. The molecule has 1 N–H and O–H groups in total. The summed E-state index contributed by atoms with van der Waals surface area (Å²) >= 11 is 1.54. The normalized spacial score (nSPS) is 14.7. The van der Waals surface area contributed by atoms with Gasteiger partial charge in [0.25, 0.3) is 0 Å². The van der Waals surface area contributed by atoms with Crippen molar-refractivity contribution in [3.8, 4) is 10.4 Å². The van der Waals surface area contributed by atoms with Gasteiger partial charge in [0.05, 0.1) is 0 Å². The van der Waals surface area contributed by atoms with Crippen LogP contribution in [0.15, 0.2) is 24.3 Å². The zero-order chi connectivity index (χ0) is 11.8. The Morgan fingerprint density at radius 2 is 2.12 bits per heavy atom. The van der Waals surface area contributed by atoms with Crippen LogP contribution in [-0.4, -0.2) is 6.54 Å². The predicted octanol–water partition coefficient (Wildman–Crippen LogP) is 3.34. The molecule has 2 aromatic rings. The molecule has 0 unspecified atom stereocenters. The molecular weight excluding hydrogens is 240 g/mol. The number of hydrogen-bond donors (Lipinski definition) is 1. The molecular formula is C13H11F2NS. The van der Waals surface area contributed by atoms with Crippen molar-refractivity contribution < 1.29 is 8.78 Å². The molecule has 0 fully saturated rings. The second-order valence-electron chi connectivity index (χ2n) is 4.09. The fourth-order valence-electron chi connectivity index (χ4n) is 2.08. The number of benzene rings is 1. The third-order valence-corrected chi connectivity index (χ3v) is 4.18. The van der Waals surface area contributed by atoms with Crippen molar-refractivity contribution in [1.29, 1.82) is 0 Å². The van der Waals surface area contributed by atoms with Crippen LogP contribution in [0.1, 0.15) is 10.4 Å². The topological polar surface area (TPSA) is 12.0 Å². The van der Waals surface area contributed by atoms with Gasteiger partial charge in [0.2, 0.25) is 0 Å². The summed E-state index contributed by atoms with van der Waals surface area (Å²) in [6.07, 6.45) is 0.961. The highest BCUT2D eigenvalue weighted by Crippen LogP contribution is 2.34. The lowest BCUT2D eigenvalue weighted by Crippen LogP contribution is -2.21. The minimum absolute atomic E-state index is 0.365. The van der Waals surface area contributed by atoms with Crippen LogP contribution in [0.2, 0.25) is 0 Å². The Kier molecular flexibility index (Phi) is 2.68. The Hall–Kier alpha value is -1.26. The first kappa shape index (κ1) is 10.9. The van der Waals surface area contributed by atoms with Gasteiger partial charge in [-0.25, -0.2) is 8.78 Å². The van der Waals surface area contributed by atoms with E-state index in [0.717, 1.165) is 30.5 Å². The molecule has 2 heterocycles. The van der Waals surface area contributed by atoms with Crippen LogP contribution < -0.4 is 5.32 Å². The van der Waals surface area contributed by atoms with Gasteiger partial charge in [0, 0.05) is 21.9 Å². The predicted molar refractivity (Wildman–Crippen MR) is 65.1 cm³/mol. The summed E-state index contributed by atoms with van der Waals surface area (Å²) in [6, 6.07) is 6.31. The standard InChI is InChI=1S/C13H11F2NS/c14-10-3-1-2-9(13(10)15)11-6-8-4-5-16-7-12(8)17-11/h1-3,6,16H,4-5,7H2. The van der Waals surface area contributed by atoms with Gasteiger partial charge in [-0.1, -0.05) is 12.1 Å². The van der Waals surface area contributed by atoms with Gasteiger partial charge in [0.1, 0.15) is 0 Å². The molecule has 1 aromatic heterocycles. The summed E-state index contributed by atoms with van der Waals surface area (Å²) in [4.78, 5) is 2.05. The molecule has 0 spiro atoms. The third-order valence-electron chi connectivity index (χ3n) is 2.97. The number of rotatable bonds is 1. The van der Waals surface area contributed by atoms with Crippen molar-refractivity contribution in [1.82, 2.24) is 5.32 Å². The quantitative estimate of drug-likeness (QED) is 0.819. The lowest BCUT2D eigenvalue weighted by molar-refractivity contribution is 0.511. The Bertz CT molecular complexity index is 539. The van der Waals surface area contributed by atoms with Crippen molar-refractivity contribution in [3.05, 3.63) is 46.3 Å². The minimum atomic E-state index is -0.785. The van der Waals surface area contributed by atoms with Crippen molar-refractivity contribution in [2.45, 2.75) is 13.0 Å². The van der Waals surface area contributed by atoms with Crippen LogP contribution in [0.3, 0.4) is 0 Å². The summed E-state index contributed by atoms with van der Waals surface area (Å²) in [5.74, 6) is -1.54. The maximum Gasteiger partial charge on any atom is 0.167 e. The lowest BCUT2D eigenvalue weighted by Gasteiger charge is -2.10. The van der Waals surface area contributed by atoms with Crippen LogP contribution in [0.5, 0.6) is 0 Å². The minimum Gasteiger partial charge on any atom is -0.312 e. The van der Waals surface area contributed by atoms with Gasteiger partial charge in [-0.15, -0.1) is 11.3 Å². The summed E-state index contributed by atoms with van der Waals surface area (Å²) < 4.78 is 26.8. The second-order valence-corrected chi connectivity index (χ2v) is 5.22. The van der Waals surface area contributed by atoms with Gasteiger partial charge in [-0.3, -0.25) is 0 Å². The third kappa shape index (κ3) is 1.87. The van der Waals surface area contributed by atoms with Crippen LogP contribution in [0.25, 0.3) is 10.4 Å². The maximum absolute atomic E-state index is 13.7. The van der Waals surface area contributed by atoms with Crippen LogP contribution in [0, 0.1) is 11.6 Å². The monoisotopic (exact) mass is 251 g/mol. The van der Waals surface area contributed by atoms with Crippen LogP contribution in [0.4, 0.5) is 8.78 Å². The van der Waals surface area contributed by atoms with E-state index in [1.807, 2.05) is 6.07 Å². The van der Waals surface area contributed by atoms with Gasteiger partial charge < -0.3 is 5.32 Å². The fraction of sp³-hybridized carbons (Fsp3) is 0.231.